The quantitative estimate of drug-likeness (QED) is 0.435. The van der Waals surface area contributed by atoms with E-state index in [9.17, 15) is 14.4 Å². The van der Waals surface area contributed by atoms with Crippen LogP contribution in [-0.2, 0) is 11.3 Å². The Labute approximate surface area is 192 Å². The second-order valence-corrected chi connectivity index (χ2v) is 8.79. The van der Waals surface area contributed by atoms with Gasteiger partial charge in [-0.3, -0.25) is 14.2 Å². The molecular formula is C23H21N5O4S. The third-order valence-electron chi connectivity index (χ3n) is 5.49. The number of nitrogens with one attached hydrogen (secondary N) is 1. The summed E-state index contributed by atoms with van der Waals surface area (Å²) >= 11 is 1.37. The van der Waals surface area contributed by atoms with Crippen molar-refractivity contribution in [2.45, 2.75) is 26.3 Å². The van der Waals surface area contributed by atoms with Crippen molar-refractivity contribution in [1.29, 1.82) is 0 Å². The highest BCUT2D eigenvalue weighted by atomic mass is 32.1. The van der Waals surface area contributed by atoms with Crippen LogP contribution in [0.25, 0.3) is 21.8 Å². The van der Waals surface area contributed by atoms with Crippen LogP contribution in [0.5, 0.6) is 0 Å². The number of aromatic nitrogens is 3. The van der Waals surface area contributed by atoms with E-state index in [1.807, 2.05) is 0 Å². The van der Waals surface area contributed by atoms with Crippen molar-refractivity contribution in [1.82, 2.24) is 14.5 Å². The number of Topliss-reactive ketones (excluding diaryl/α,β-unsaturated/α-hetero) is 1. The number of rotatable bonds is 6. The number of hydrogen-bond donors (Lipinski definition) is 1. The van der Waals surface area contributed by atoms with Crippen molar-refractivity contribution in [2.75, 3.05) is 23.3 Å². The number of anilines is 2. The van der Waals surface area contributed by atoms with E-state index in [1.54, 1.807) is 36.4 Å². The molecular weight excluding hydrogens is 442 g/mol. The summed E-state index contributed by atoms with van der Waals surface area (Å²) in [6, 6.07) is 10.1. The van der Waals surface area contributed by atoms with Crippen LogP contribution < -0.4 is 15.9 Å². The van der Waals surface area contributed by atoms with E-state index < -0.39 is 11.6 Å². The minimum absolute atomic E-state index is 0.0964. The van der Waals surface area contributed by atoms with Gasteiger partial charge in [0, 0.05) is 24.3 Å². The molecule has 4 aromatic rings. The van der Waals surface area contributed by atoms with E-state index in [0.29, 0.717) is 33.1 Å². The molecule has 4 heterocycles. The Hall–Kier alpha value is -3.79. The summed E-state index contributed by atoms with van der Waals surface area (Å²) in [6.45, 7) is 3.04. The standard InChI is InChI=1S/C23H21N5O4S/c1-14(29)15-6-4-7-16(12-15)24-18(30)13-28-21-20(26-23(33-21)27-9-2-3-10-27)19(25-22(28)31)17-8-5-11-32-17/h4-8,11-12H,2-3,9-10,13H2,1H3,(H,24,30). The molecule has 0 aliphatic carbocycles. The molecule has 1 aliphatic heterocycles. The molecule has 1 amide bonds. The summed E-state index contributed by atoms with van der Waals surface area (Å²) in [5, 5.41) is 3.56. The first kappa shape index (κ1) is 21.1. The zero-order chi connectivity index (χ0) is 22.9. The van der Waals surface area contributed by atoms with Crippen LogP contribution in [0.4, 0.5) is 10.8 Å². The van der Waals surface area contributed by atoms with Crippen LogP contribution in [0.3, 0.4) is 0 Å². The van der Waals surface area contributed by atoms with Crippen LogP contribution in [0.2, 0.25) is 0 Å². The summed E-state index contributed by atoms with van der Waals surface area (Å²) in [4.78, 5) is 49.1. The lowest BCUT2D eigenvalue weighted by molar-refractivity contribution is -0.116. The molecule has 0 atom stereocenters. The Morgan fingerprint density at radius 1 is 1.15 bits per heavy atom. The van der Waals surface area contributed by atoms with E-state index in [1.165, 1.54) is 29.1 Å². The van der Waals surface area contributed by atoms with Crippen molar-refractivity contribution in [2.24, 2.45) is 0 Å². The zero-order valence-electron chi connectivity index (χ0n) is 17.9. The number of thiazole rings is 1. The average Bonchev–Trinajstić information content (AvgIpc) is 3.56. The fraction of sp³-hybridized carbons (Fsp3) is 0.261. The van der Waals surface area contributed by atoms with Crippen LogP contribution >= 0.6 is 11.3 Å². The van der Waals surface area contributed by atoms with Gasteiger partial charge in [0.15, 0.2) is 16.7 Å². The van der Waals surface area contributed by atoms with Crippen LogP contribution in [-0.4, -0.2) is 39.3 Å². The van der Waals surface area contributed by atoms with Crippen molar-refractivity contribution >= 4 is 44.2 Å². The van der Waals surface area contributed by atoms with E-state index >= 15 is 0 Å². The Bertz CT molecular complexity index is 1400. The zero-order valence-corrected chi connectivity index (χ0v) is 18.7. The number of nitrogens with zero attached hydrogens (tertiary/aromatic N) is 4. The lowest BCUT2D eigenvalue weighted by Crippen LogP contribution is -2.29. The molecule has 1 aromatic carbocycles. The third-order valence-corrected chi connectivity index (χ3v) is 6.63. The van der Waals surface area contributed by atoms with Crippen LogP contribution in [0, 0.1) is 0 Å². The number of carbonyl (C=O) groups is 2. The topological polar surface area (TPSA) is 110 Å². The number of ketones is 1. The monoisotopic (exact) mass is 463 g/mol. The molecule has 168 valence electrons. The summed E-state index contributed by atoms with van der Waals surface area (Å²) in [7, 11) is 0. The molecule has 3 aromatic heterocycles. The number of benzene rings is 1. The van der Waals surface area contributed by atoms with Gasteiger partial charge in [-0.1, -0.05) is 23.5 Å². The second-order valence-electron chi connectivity index (χ2n) is 7.84. The van der Waals surface area contributed by atoms with Gasteiger partial charge in [0.05, 0.1) is 6.26 Å². The number of fused-ring (bicyclic) bond motifs is 1. The van der Waals surface area contributed by atoms with Gasteiger partial charge in [-0.15, -0.1) is 0 Å². The molecule has 0 unspecified atom stereocenters. The predicted molar refractivity (Wildman–Crippen MR) is 126 cm³/mol. The molecule has 1 aliphatic rings. The largest absolute Gasteiger partial charge is 0.463 e. The van der Waals surface area contributed by atoms with E-state index in [2.05, 4.69) is 15.2 Å². The van der Waals surface area contributed by atoms with Gasteiger partial charge in [0.2, 0.25) is 5.91 Å². The average molecular weight is 464 g/mol. The van der Waals surface area contributed by atoms with Crippen LogP contribution in [0.15, 0.2) is 51.9 Å². The van der Waals surface area contributed by atoms with Gasteiger partial charge < -0.3 is 14.6 Å². The fourth-order valence-corrected chi connectivity index (χ4v) is 4.98. The van der Waals surface area contributed by atoms with Gasteiger partial charge in [-0.2, -0.15) is 4.98 Å². The van der Waals surface area contributed by atoms with Gasteiger partial charge in [-0.05, 0) is 44.0 Å². The van der Waals surface area contributed by atoms with E-state index in [-0.39, 0.29) is 12.3 Å². The Morgan fingerprint density at radius 3 is 2.70 bits per heavy atom. The van der Waals surface area contributed by atoms with Gasteiger partial charge in [-0.25, -0.2) is 9.78 Å². The van der Waals surface area contributed by atoms with E-state index in [4.69, 9.17) is 9.40 Å². The van der Waals surface area contributed by atoms with Crippen LogP contribution in [0.1, 0.15) is 30.1 Å². The first-order chi connectivity index (χ1) is 16.0. The highest BCUT2D eigenvalue weighted by molar-refractivity contribution is 7.22. The molecule has 1 N–H and O–H groups in total. The summed E-state index contributed by atoms with van der Waals surface area (Å²) in [6.07, 6.45) is 3.70. The van der Waals surface area contributed by atoms with Crippen molar-refractivity contribution < 1.29 is 14.0 Å². The van der Waals surface area contributed by atoms with Crippen molar-refractivity contribution in [3.63, 3.8) is 0 Å². The Kier molecular flexibility index (Phi) is 5.51. The summed E-state index contributed by atoms with van der Waals surface area (Å²) in [5.41, 5.74) is 1.32. The van der Waals surface area contributed by atoms with Gasteiger partial charge >= 0.3 is 5.69 Å². The number of amides is 1. The van der Waals surface area contributed by atoms with Crippen molar-refractivity contribution in [3.8, 4) is 11.5 Å². The summed E-state index contributed by atoms with van der Waals surface area (Å²) < 4.78 is 6.82. The molecule has 1 saturated heterocycles. The normalized spacial score (nSPS) is 13.5. The third kappa shape index (κ3) is 4.17. The van der Waals surface area contributed by atoms with Gasteiger partial charge in [0.25, 0.3) is 0 Å². The Balaban J connectivity index is 1.52. The molecule has 1 fully saturated rings. The number of furan rings is 1. The molecule has 33 heavy (non-hydrogen) atoms. The minimum atomic E-state index is -0.557. The summed E-state index contributed by atoms with van der Waals surface area (Å²) in [5.74, 6) is -0.0448. The van der Waals surface area contributed by atoms with Gasteiger partial charge in [0.1, 0.15) is 22.6 Å². The minimum Gasteiger partial charge on any atom is -0.463 e. The highest BCUT2D eigenvalue weighted by Crippen LogP contribution is 2.34. The molecule has 0 saturated carbocycles. The number of carbonyl (C=O) groups excluding carboxylic acids is 2. The fourth-order valence-electron chi connectivity index (χ4n) is 3.86. The smallest absolute Gasteiger partial charge is 0.349 e. The first-order valence-electron chi connectivity index (χ1n) is 10.6. The lowest BCUT2D eigenvalue weighted by atomic mass is 10.1. The molecule has 0 radical (unpaired) electrons. The van der Waals surface area contributed by atoms with Crippen molar-refractivity contribution in [3.05, 3.63) is 58.7 Å². The van der Waals surface area contributed by atoms with E-state index in [0.717, 1.165) is 31.1 Å². The SMILES string of the molecule is CC(=O)c1cccc(NC(=O)Cn2c(=O)nc(-c3ccco3)c3nc(N4CCCC4)sc32)c1. The Morgan fingerprint density at radius 2 is 1.97 bits per heavy atom. The maximum absolute atomic E-state index is 13.0. The highest BCUT2D eigenvalue weighted by Gasteiger charge is 2.23. The number of hydrogen-bond acceptors (Lipinski definition) is 8. The molecule has 0 bridgehead atoms. The molecule has 9 nitrogen and oxygen atoms in total. The second kappa shape index (κ2) is 8.62. The maximum Gasteiger partial charge on any atom is 0.349 e. The molecule has 5 rings (SSSR count). The predicted octanol–water partition coefficient (Wildman–Crippen LogP) is 3.55. The molecule has 0 spiro atoms. The first-order valence-corrected chi connectivity index (χ1v) is 11.4. The molecule has 10 heteroatoms. The lowest BCUT2D eigenvalue weighted by Gasteiger charge is -2.11. The maximum atomic E-state index is 13.0.